The van der Waals surface area contributed by atoms with E-state index in [1.165, 1.54) is 13.3 Å². The highest BCUT2D eigenvalue weighted by Crippen LogP contribution is 2.11. The van der Waals surface area contributed by atoms with E-state index in [1.54, 1.807) is 18.7 Å². The van der Waals surface area contributed by atoms with Gasteiger partial charge in [0.25, 0.3) is 0 Å². The highest BCUT2D eigenvalue weighted by atomic mass is 32.2. The molecule has 0 aromatic carbocycles. The predicted octanol–water partition coefficient (Wildman–Crippen LogP) is -0.151. The van der Waals surface area contributed by atoms with Crippen LogP contribution in [0.2, 0.25) is 0 Å². The maximum absolute atomic E-state index is 11.2. The largest absolute Gasteiger partial charge is 0.468 e. The number of hydrogen-bond acceptors (Lipinski definition) is 6. The summed E-state index contributed by atoms with van der Waals surface area (Å²) in [5.74, 6) is 1.01. The van der Waals surface area contributed by atoms with Crippen LogP contribution in [0.15, 0.2) is 0 Å². The Balaban J connectivity index is 3.57. The molecule has 6 heteroatoms. The zero-order valence-corrected chi connectivity index (χ0v) is 10.0. The average molecular weight is 233 g/mol. The van der Waals surface area contributed by atoms with Crippen LogP contribution in [0.5, 0.6) is 0 Å². The minimum absolute atomic E-state index is 0.387. The standard InChI is InChI=1S/C9H19N3O2S/c1-9(11,8(13)14-2)7-15-6-5-12-4-3-10/h3,10,12H,4-7,11H2,1-2H3/t9-/m0/s1. The molecule has 0 bridgehead atoms. The first kappa shape index (κ1) is 14.4. The second-order valence-electron chi connectivity index (χ2n) is 3.37. The quantitative estimate of drug-likeness (QED) is 0.308. The van der Waals surface area contributed by atoms with Gasteiger partial charge in [-0.3, -0.25) is 4.79 Å². The van der Waals surface area contributed by atoms with Gasteiger partial charge in [-0.15, -0.1) is 0 Å². The Morgan fingerprint density at radius 2 is 2.40 bits per heavy atom. The van der Waals surface area contributed by atoms with Gasteiger partial charge in [0, 0.05) is 30.8 Å². The summed E-state index contributed by atoms with van der Waals surface area (Å²) in [5, 5.41) is 9.83. The lowest BCUT2D eigenvalue weighted by Crippen LogP contribution is -2.48. The van der Waals surface area contributed by atoms with E-state index in [2.05, 4.69) is 10.1 Å². The summed E-state index contributed by atoms with van der Waals surface area (Å²) in [4.78, 5) is 11.2. The fraction of sp³-hybridized carbons (Fsp3) is 0.778. The number of carbonyl (C=O) groups excluding carboxylic acids is 1. The smallest absolute Gasteiger partial charge is 0.326 e. The van der Waals surface area contributed by atoms with Crippen molar-refractivity contribution in [2.75, 3.05) is 31.7 Å². The summed E-state index contributed by atoms with van der Waals surface area (Å²) in [5.41, 5.74) is 4.84. The molecule has 0 rings (SSSR count). The lowest BCUT2D eigenvalue weighted by atomic mass is 10.1. The van der Waals surface area contributed by atoms with Gasteiger partial charge >= 0.3 is 5.97 Å². The van der Waals surface area contributed by atoms with E-state index in [1.807, 2.05) is 0 Å². The Labute approximate surface area is 94.6 Å². The highest BCUT2D eigenvalue weighted by molar-refractivity contribution is 7.99. The molecule has 4 N–H and O–H groups in total. The van der Waals surface area contributed by atoms with Gasteiger partial charge in [-0.05, 0) is 6.92 Å². The zero-order valence-electron chi connectivity index (χ0n) is 9.21. The average Bonchev–Trinajstić information content (AvgIpc) is 2.22. The van der Waals surface area contributed by atoms with E-state index in [9.17, 15) is 4.79 Å². The molecule has 88 valence electrons. The molecule has 15 heavy (non-hydrogen) atoms. The van der Waals surface area contributed by atoms with Gasteiger partial charge in [-0.2, -0.15) is 11.8 Å². The van der Waals surface area contributed by atoms with Gasteiger partial charge in [0.05, 0.1) is 7.11 Å². The highest BCUT2D eigenvalue weighted by Gasteiger charge is 2.28. The predicted molar refractivity (Wildman–Crippen MR) is 63.6 cm³/mol. The van der Waals surface area contributed by atoms with Crippen LogP contribution in [-0.4, -0.2) is 49.4 Å². The van der Waals surface area contributed by atoms with Gasteiger partial charge in [0.2, 0.25) is 0 Å². The zero-order chi connectivity index (χ0) is 11.7. The van der Waals surface area contributed by atoms with Gasteiger partial charge in [0.15, 0.2) is 0 Å². The minimum atomic E-state index is -0.916. The molecule has 0 amide bonds. The molecule has 0 heterocycles. The summed E-state index contributed by atoms with van der Waals surface area (Å²) in [7, 11) is 1.34. The van der Waals surface area contributed by atoms with Crippen LogP contribution in [0.3, 0.4) is 0 Å². The van der Waals surface area contributed by atoms with Crippen molar-refractivity contribution >= 4 is 23.9 Å². The molecular formula is C9H19N3O2S. The van der Waals surface area contributed by atoms with Gasteiger partial charge in [-0.25, -0.2) is 0 Å². The molecule has 0 aromatic heterocycles. The molecule has 0 aliphatic rings. The van der Waals surface area contributed by atoms with Crippen molar-refractivity contribution in [3.05, 3.63) is 0 Å². The van der Waals surface area contributed by atoms with E-state index >= 15 is 0 Å². The Morgan fingerprint density at radius 3 is 2.93 bits per heavy atom. The Morgan fingerprint density at radius 1 is 1.73 bits per heavy atom. The van der Waals surface area contributed by atoms with Crippen LogP contribution in [-0.2, 0) is 9.53 Å². The lowest BCUT2D eigenvalue weighted by Gasteiger charge is -2.20. The number of nitrogens with one attached hydrogen (secondary N) is 2. The number of esters is 1. The first-order valence-electron chi connectivity index (χ1n) is 4.69. The van der Waals surface area contributed by atoms with Crippen molar-refractivity contribution in [2.45, 2.75) is 12.5 Å². The van der Waals surface area contributed by atoms with E-state index in [4.69, 9.17) is 11.1 Å². The molecule has 0 aliphatic heterocycles. The van der Waals surface area contributed by atoms with Crippen molar-refractivity contribution in [1.29, 1.82) is 5.41 Å². The molecule has 1 atom stereocenters. The Kier molecular flexibility index (Phi) is 7.37. The molecule has 5 nitrogen and oxygen atoms in total. The van der Waals surface area contributed by atoms with Crippen LogP contribution in [0.1, 0.15) is 6.92 Å². The number of hydrogen-bond donors (Lipinski definition) is 3. The first-order valence-corrected chi connectivity index (χ1v) is 5.84. The van der Waals surface area contributed by atoms with Crippen molar-refractivity contribution in [3.8, 4) is 0 Å². The third kappa shape index (κ3) is 6.48. The molecule has 0 saturated carbocycles. The lowest BCUT2D eigenvalue weighted by molar-refractivity contribution is -0.145. The Bertz CT molecular complexity index is 210. The normalized spacial score (nSPS) is 14.3. The SMILES string of the molecule is COC(=O)[C@@](C)(N)CSCCNCC=N. The van der Waals surface area contributed by atoms with Crippen molar-refractivity contribution in [3.63, 3.8) is 0 Å². The minimum Gasteiger partial charge on any atom is -0.468 e. The molecule has 0 radical (unpaired) electrons. The first-order chi connectivity index (χ1) is 7.04. The van der Waals surface area contributed by atoms with Crippen LogP contribution in [0.25, 0.3) is 0 Å². The molecule has 0 aliphatic carbocycles. The maximum Gasteiger partial charge on any atom is 0.326 e. The molecule has 0 saturated heterocycles. The summed E-state index contributed by atoms with van der Waals surface area (Å²) in [6, 6.07) is 0. The summed E-state index contributed by atoms with van der Waals surface area (Å²) in [6.45, 7) is 3.05. The van der Waals surface area contributed by atoms with Gasteiger partial charge < -0.3 is 21.2 Å². The Hall–Kier alpha value is -0.590. The number of rotatable bonds is 8. The van der Waals surface area contributed by atoms with Gasteiger partial charge in [0.1, 0.15) is 5.54 Å². The second-order valence-corrected chi connectivity index (χ2v) is 4.48. The molecule has 0 fully saturated rings. The van der Waals surface area contributed by atoms with Gasteiger partial charge in [-0.1, -0.05) is 0 Å². The number of ether oxygens (including phenoxy) is 1. The van der Waals surface area contributed by atoms with Crippen molar-refractivity contribution < 1.29 is 9.53 Å². The van der Waals surface area contributed by atoms with E-state index < -0.39 is 5.54 Å². The van der Waals surface area contributed by atoms with E-state index in [0.717, 1.165) is 12.3 Å². The van der Waals surface area contributed by atoms with Crippen molar-refractivity contribution in [2.24, 2.45) is 5.73 Å². The number of nitrogens with two attached hydrogens (primary N) is 1. The summed E-state index contributed by atoms with van der Waals surface area (Å²) in [6.07, 6.45) is 1.31. The van der Waals surface area contributed by atoms with Crippen LogP contribution in [0.4, 0.5) is 0 Å². The topological polar surface area (TPSA) is 88.2 Å². The molecule has 0 aromatic rings. The van der Waals surface area contributed by atoms with E-state index in [0.29, 0.717) is 12.3 Å². The van der Waals surface area contributed by atoms with Crippen LogP contribution in [0, 0.1) is 5.41 Å². The van der Waals surface area contributed by atoms with Crippen LogP contribution >= 0.6 is 11.8 Å². The number of methoxy groups -OCH3 is 1. The fourth-order valence-corrected chi connectivity index (χ4v) is 1.87. The number of carbonyl (C=O) groups is 1. The molecular weight excluding hydrogens is 214 g/mol. The third-order valence-electron chi connectivity index (χ3n) is 1.72. The third-order valence-corrected chi connectivity index (χ3v) is 3.02. The summed E-state index contributed by atoms with van der Waals surface area (Å²) < 4.78 is 4.59. The number of thioether (sulfide) groups is 1. The van der Waals surface area contributed by atoms with Crippen molar-refractivity contribution in [1.82, 2.24) is 5.32 Å². The second kappa shape index (κ2) is 7.67. The van der Waals surface area contributed by atoms with E-state index in [-0.39, 0.29) is 5.97 Å². The fourth-order valence-electron chi connectivity index (χ4n) is 0.895. The monoisotopic (exact) mass is 233 g/mol. The summed E-state index contributed by atoms with van der Waals surface area (Å²) >= 11 is 1.59. The maximum atomic E-state index is 11.2. The molecule has 0 unspecified atom stereocenters. The van der Waals surface area contributed by atoms with Crippen LogP contribution < -0.4 is 11.1 Å². The molecule has 0 spiro atoms.